The van der Waals surface area contributed by atoms with Crippen molar-refractivity contribution in [1.82, 2.24) is 10.2 Å². The first-order chi connectivity index (χ1) is 9.28. The summed E-state index contributed by atoms with van der Waals surface area (Å²) in [4.78, 5) is 14.1. The summed E-state index contributed by atoms with van der Waals surface area (Å²) in [6.07, 6.45) is -2.18. The minimum absolute atomic E-state index is 0.0288. The molecule has 0 aromatic carbocycles. The number of carbonyl (C=O) groups is 1. The number of amides is 1. The second kappa shape index (κ2) is 5.54. The quantitative estimate of drug-likeness (QED) is 0.844. The lowest BCUT2D eigenvalue weighted by molar-refractivity contribution is -0.222. The van der Waals surface area contributed by atoms with Crippen LogP contribution in [-0.4, -0.2) is 42.7 Å². The van der Waals surface area contributed by atoms with Gasteiger partial charge in [0.25, 0.3) is 0 Å². The molecule has 1 atom stereocenters. The molecular formula is C14H23F3N2O. The zero-order valence-electron chi connectivity index (χ0n) is 12.1. The van der Waals surface area contributed by atoms with Crippen molar-refractivity contribution in [2.45, 2.75) is 51.7 Å². The third kappa shape index (κ3) is 2.95. The van der Waals surface area contributed by atoms with Crippen LogP contribution in [0.5, 0.6) is 0 Å². The zero-order chi connectivity index (χ0) is 15.0. The Morgan fingerprint density at radius 2 is 2.05 bits per heavy atom. The predicted molar refractivity (Wildman–Crippen MR) is 70.2 cm³/mol. The highest BCUT2D eigenvalue weighted by Crippen LogP contribution is 2.46. The minimum Gasteiger partial charge on any atom is -0.339 e. The van der Waals surface area contributed by atoms with E-state index in [2.05, 4.69) is 5.32 Å². The van der Waals surface area contributed by atoms with Crippen LogP contribution >= 0.6 is 0 Å². The number of halogens is 3. The third-order valence-electron chi connectivity index (χ3n) is 4.30. The van der Waals surface area contributed by atoms with Gasteiger partial charge in [0.05, 0.1) is 0 Å². The molecule has 116 valence electrons. The fraction of sp³-hybridized carbons (Fsp3) is 0.929. The molecule has 2 fully saturated rings. The van der Waals surface area contributed by atoms with Gasteiger partial charge in [0.2, 0.25) is 5.91 Å². The highest BCUT2D eigenvalue weighted by molar-refractivity contribution is 5.85. The van der Waals surface area contributed by atoms with Crippen molar-refractivity contribution in [3.63, 3.8) is 0 Å². The third-order valence-corrected chi connectivity index (χ3v) is 4.30. The van der Waals surface area contributed by atoms with Gasteiger partial charge in [-0.05, 0) is 38.1 Å². The average Bonchev–Trinajstić information content (AvgIpc) is 3.03. The molecule has 1 amide bonds. The molecule has 0 bridgehead atoms. The lowest BCUT2D eigenvalue weighted by atomic mass is 9.84. The van der Waals surface area contributed by atoms with Gasteiger partial charge in [-0.15, -0.1) is 0 Å². The number of nitrogens with zero attached hydrogens (tertiary/aromatic N) is 1. The fourth-order valence-electron chi connectivity index (χ4n) is 2.75. The van der Waals surface area contributed by atoms with E-state index in [-0.39, 0.29) is 25.6 Å². The summed E-state index contributed by atoms with van der Waals surface area (Å²) in [5, 5.41) is 2.71. The molecule has 2 rings (SSSR count). The maximum absolute atomic E-state index is 13.4. The molecule has 3 nitrogen and oxygen atoms in total. The van der Waals surface area contributed by atoms with Crippen molar-refractivity contribution in [1.29, 1.82) is 0 Å². The van der Waals surface area contributed by atoms with E-state index in [1.54, 1.807) is 0 Å². The van der Waals surface area contributed by atoms with Crippen LogP contribution in [0.4, 0.5) is 13.2 Å². The minimum atomic E-state index is -4.47. The van der Waals surface area contributed by atoms with Crippen molar-refractivity contribution >= 4 is 5.91 Å². The lowest BCUT2D eigenvalue weighted by Crippen LogP contribution is -2.54. The van der Waals surface area contributed by atoms with Crippen molar-refractivity contribution in [3.05, 3.63) is 0 Å². The second-order valence-electron chi connectivity index (χ2n) is 6.42. The van der Waals surface area contributed by atoms with Crippen LogP contribution in [-0.2, 0) is 4.79 Å². The number of carbonyl (C=O) groups excluding carboxylic acids is 1. The first-order valence-electron chi connectivity index (χ1n) is 7.36. The Bertz CT molecular complexity index is 358. The Balaban J connectivity index is 2.16. The van der Waals surface area contributed by atoms with Gasteiger partial charge < -0.3 is 10.2 Å². The van der Waals surface area contributed by atoms with Gasteiger partial charge in [0.15, 0.2) is 5.41 Å². The molecular weight excluding hydrogens is 269 g/mol. The molecule has 0 aromatic rings. The summed E-state index contributed by atoms with van der Waals surface area (Å²) in [7, 11) is 0. The largest absolute Gasteiger partial charge is 0.404 e. The molecule has 0 aromatic heterocycles. The maximum atomic E-state index is 13.4. The Morgan fingerprint density at radius 3 is 2.45 bits per heavy atom. The topological polar surface area (TPSA) is 32.3 Å². The molecule has 0 radical (unpaired) electrons. The predicted octanol–water partition coefficient (Wildman–Crippen LogP) is 2.57. The Hall–Kier alpha value is -0.780. The number of rotatable bonds is 5. The maximum Gasteiger partial charge on any atom is 0.404 e. The molecule has 1 aliphatic carbocycles. The monoisotopic (exact) mass is 292 g/mol. The highest BCUT2D eigenvalue weighted by atomic mass is 19.4. The Morgan fingerprint density at radius 1 is 1.40 bits per heavy atom. The van der Waals surface area contributed by atoms with Crippen LogP contribution in [0, 0.1) is 11.3 Å². The molecule has 1 N–H and O–H groups in total. The molecule has 1 saturated heterocycles. The molecule has 6 heteroatoms. The second-order valence-corrected chi connectivity index (χ2v) is 6.42. The number of hydrogen-bond acceptors (Lipinski definition) is 2. The smallest absolute Gasteiger partial charge is 0.339 e. The molecule has 1 saturated carbocycles. The summed E-state index contributed by atoms with van der Waals surface area (Å²) in [5.74, 6) is -0.328. The fourth-order valence-corrected chi connectivity index (χ4v) is 2.75. The average molecular weight is 292 g/mol. The van der Waals surface area contributed by atoms with Crippen molar-refractivity contribution in [3.8, 4) is 0 Å². The van der Waals surface area contributed by atoms with Gasteiger partial charge in [0.1, 0.15) is 0 Å². The number of alkyl halides is 3. The zero-order valence-corrected chi connectivity index (χ0v) is 12.1. The Kier molecular flexibility index (Phi) is 4.33. The summed E-state index contributed by atoms with van der Waals surface area (Å²) in [6.45, 7) is 4.46. The number of hydrogen-bond donors (Lipinski definition) is 1. The van der Waals surface area contributed by atoms with Crippen LogP contribution in [0.1, 0.15) is 39.5 Å². The van der Waals surface area contributed by atoms with E-state index in [1.165, 1.54) is 4.90 Å². The van der Waals surface area contributed by atoms with E-state index in [1.807, 2.05) is 13.8 Å². The van der Waals surface area contributed by atoms with Gasteiger partial charge in [-0.1, -0.05) is 13.8 Å². The van der Waals surface area contributed by atoms with Crippen molar-refractivity contribution in [2.75, 3.05) is 19.6 Å². The van der Waals surface area contributed by atoms with E-state index < -0.39 is 17.5 Å². The summed E-state index contributed by atoms with van der Waals surface area (Å²) in [5.41, 5.74) is -2.20. The standard InChI is InChI=1S/C14H23F3N2O/c1-10(2)5-8-19(11-3-4-11)12(20)13(14(15,16)17)6-7-18-9-13/h10-11,18H,3-9H2,1-2H3. The molecule has 1 aliphatic heterocycles. The van der Waals surface area contributed by atoms with E-state index in [0.717, 1.165) is 19.3 Å². The van der Waals surface area contributed by atoms with E-state index in [4.69, 9.17) is 0 Å². The van der Waals surface area contributed by atoms with Crippen LogP contribution < -0.4 is 5.32 Å². The van der Waals surface area contributed by atoms with Crippen LogP contribution in [0.25, 0.3) is 0 Å². The van der Waals surface area contributed by atoms with Gasteiger partial charge in [-0.25, -0.2) is 0 Å². The normalized spacial score (nSPS) is 27.1. The SMILES string of the molecule is CC(C)CCN(C(=O)C1(C(F)(F)F)CCNC1)C1CC1. The first kappa shape index (κ1) is 15.6. The van der Waals surface area contributed by atoms with E-state index in [0.29, 0.717) is 12.5 Å². The van der Waals surface area contributed by atoms with Crippen LogP contribution in [0.2, 0.25) is 0 Å². The van der Waals surface area contributed by atoms with Gasteiger partial charge in [-0.2, -0.15) is 13.2 Å². The Labute approximate surface area is 117 Å². The van der Waals surface area contributed by atoms with Crippen molar-refractivity contribution < 1.29 is 18.0 Å². The van der Waals surface area contributed by atoms with E-state index in [9.17, 15) is 18.0 Å². The summed E-state index contributed by atoms with van der Waals surface area (Å²) < 4.78 is 40.3. The highest BCUT2D eigenvalue weighted by Gasteiger charge is 2.63. The van der Waals surface area contributed by atoms with Crippen LogP contribution in [0.15, 0.2) is 0 Å². The van der Waals surface area contributed by atoms with Crippen LogP contribution in [0.3, 0.4) is 0 Å². The summed E-state index contributed by atoms with van der Waals surface area (Å²) in [6, 6.07) is 0.0288. The molecule has 2 aliphatic rings. The molecule has 20 heavy (non-hydrogen) atoms. The van der Waals surface area contributed by atoms with Gasteiger partial charge in [0, 0.05) is 19.1 Å². The molecule has 1 unspecified atom stereocenters. The first-order valence-corrected chi connectivity index (χ1v) is 7.36. The molecule has 1 heterocycles. The van der Waals surface area contributed by atoms with E-state index >= 15 is 0 Å². The van der Waals surface area contributed by atoms with Crippen molar-refractivity contribution in [2.24, 2.45) is 11.3 Å². The lowest BCUT2D eigenvalue weighted by Gasteiger charge is -2.35. The summed E-state index contributed by atoms with van der Waals surface area (Å²) >= 11 is 0. The molecule has 0 spiro atoms. The van der Waals surface area contributed by atoms with Gasteiger partial charge >= 0.3 is 6.18 Å². The van der Waals surface area contributed by atoms with Gasteiger partial charge in [-0.3, -0.25) is 4.79 Å². The number of nitrogens with one attached hydrogen (secondary N) is 1.